The van der Waals surface area contributed by atoms with Gasteiger partial charge in [0.1, 0.15) is 11.5 Å². The molecular weight excluding hydrogens is 466 g/mol. The first-order chi connectivity index (χ1) is 14.9. The predicted molar refractivity (Wildman–Crippen MR) is 120 cm³/mol. The summed E-state index contributed by atoms with van der Waals surface area (Å²) in [7, 11) is 3.18. The summed E-state index contributed by atoms with van der Waals surface area (Å²) in [5.74, 6) is 0.605. The zero-order valence-electron chi connectivity index (χ0n) is 18.3. The normalized spacial score (nSPS) is 10.6. The average Bonchev–Trinajstić information content (AvgIpc) is 2.74. The molecule has 8 heteroatoms. The number of carbonyl (C=O) groups excluding carboxylic acids is 2. The first-order valence-electron chi connectivity index (χ1n) is 9.96. The van der Waals surface area contributed by atoms with Gasteiger partial charge in [0.15, 0.2) is 0 Å². The van der Waals surface area contributed by atoms with E-state index < -0.39 is 5.97 Å². The average molecular weight is 494 g/mol. The molecule has 2 rings (SSSR count). The van der Waals surface area contributed by atoms with Crippen molar-refractivity contribution in [1.29, 1.82) is 0 Å². The van der Waals surface area contributed by atoms with Crippen LogP contribution in [0.1, 0.15) is 35.3 Å². The van der Waals surface area contributed by atoms with E-state index in [9.17, 15) is 9.59 Å². The standard InChI is InChI=1S/C23H28BrNO6/c1-5-30-22(26)15-25(14-17-12-19(28-3)8-10-21(17)29-4)13-16-11-18(24)7-9-20(16)23(27)31-6-2/h7-12H,5-6,13-15H2,1-4H3. The molecule has 0 aliphatic heterocycles. The van der Waals surface area contributed by atoms with Gasteiger partial charge in [0.05, 0.1) is 39.5 Å². The maximum absolute atomic E-state index is 12.4. The number of hydrogen-bond acceptors (Lipinski definition) is 7. The van der Waals surface area contributed by atoms with Crippen LogP contribution in [0.15, 0.2) is 40.9 Å². The summed E-state index contributed by atoms with van der Waals surface area (Å²) in [6.07, 6.45) is 0. The fraction of sp³-hybridized carbons (Fsp3) is 0.391. The number of carbonyl (C=O) groups is 2. The Bertz CT molecular complexity index is 902. The highest BCUT2D eigenvalue weighted by Crippen LogP contribution is 2.27. The number of nitrogens with zero attached hydrogens (tertiary/aromatic N) is 1. The lowest BCUT2D eigenvalue weighted by Crippen LogP contribution is -2.31. The quantitative estimate of drug-likeness (QED) is 0.434. The smallest absolute Gasteiger partial charge is 0.338 e. The molecule has 0 bridgehead atoms. The number of methoxy groups -OCH3 is 2. The van der Waals surface area contributed by atoms with E-state index in [4.69, 9.17) is 18.9 Å². The summed E-state index contributed by atoms with van der Waals surface area (Å²) in [6, 6.07) is 10.9. The van der Waals surface area contributed by atoms with Gasteiger partial charge in [-0.2, -0.15) is 0 Å². The van der Waals surface area contributed by atoms with Crippen LogP contribution in [-0.4, -0.2) is 50.8 Å². The van der Waals surface area contributed by atoms with Gasteiger partial charge in [-0.05, 0) is 55.8 Å². The van der Waals surface area contributed by atoms with Crippen molar-refractivity contribution in [2.75, 3.05) is 34.0 Å². The third kappa shape index (κ3) is 7.25. The lowest BCUT2D eigenvalue weighted by Gasteiger charge is -2.24. The summed E-state index contributed by atoms with van der Waals surface area (Å²) in [4.78, 5) is 26.6. The monoisotopic (exact) mass is 493 g/mol. The molecule has 168 valence electrons. The van der Waals surface area contributed by atoms with Crippen LogP contribution in [-0.2, 0) is 27.4 Å². The van der Waals surface area contributed by atoms with Crippen molar-refractivity contribution in [1.82, 2.24) is 4.90 Å². The van der Waals surface area contributed by atoms with E-state index >= 15 is 0 Å². The molecule has 0 spiro atoms. The highest BCUT2D eigenvalue weighted by atomic mass is 79.9. The largest absolute Gasteiger partial charge is 0.497 e. The van der Waals surface area contributed by atoms with Gasteiger partial charge in [0.2, 0.25) is 0 Å². The van der Waals surface area contributed by atoms with Crippen molar-refractivity contribution in [2.45, 2.75) is 26.9 Å². The van der Waals surface area contributed by atoms with E-state index in [2.05, 4.69) is 15.9 Å². The predicted octanol–water partition coefficient (Wildman–Crippen LogP) is 4.21. The fourth-order valence-electron chi connectivity index (χ4n) is 3.15. The van der Waals surface area contributed by atoms with E-state index in [1.807, 2.05) is 29.2 Å². The third-order valence-electron chi connectivity index (χ3n) is 4.50. The molecule has 0 atom stereocenters. The van der Waals surface area contributed by atoms with Crippen molar-refractivity contribution in [3.05, 3.63) is 57.6 Å². The summed E-state index contributed by atoms with van der Waals surface area (Å²) in [6.45, 7) is 4.85. The zero-order valence-corrected chi connectivity index (χ0v) is 19.9. The van der Waals surface area contributed by atoms with Crippen LogP contribution >= 0.6 is 15.9 Å². The highest BCUT2D eigenvalue weighted by Gasteiger charge is 2.20. The van der Waals surface area contributed by atoms with Gasteiger partial charge in [-0.15, -0.1) is 0 Å². The van der Waals surface area contributed by atoms with E-state index in [-0.39, 0.29) is 19.1 Å². The minimum Gasteiger partial charge on any atom is -0.497 e. The second kappa shape index (κ2) is 12.3. The second-order valence-electron chi connectivity index (χ2n) is 6.65. The minimum atomic E-state index is -0.403. The molecule has 0 unspecified atom stereocenters. The number of rotatable bonds is 11. The molecule has 0 aliphatic rings. The first-order valence-corrected chi connectivity index (χ1v) is 10.8. The number of benzene rings is 2. The zero-order chi connectivity index (χ0) is 22.8. The van der Waals surface area contributed by atoms with Gasteiger partial charge < -0.3 is 18.9 Å². The Morgan fingerprint density at radius 3 is 2.26 bits per heavy atom. The van der Waals surface area contributed by atoms with E-state index in [0.717, 1.165) is 15.6 Å². The van der Waals surface area contributed by atoms with E-state index in [1.165, 1.54) is 0 Å². The topological polar surface area (TPSA) is 74.3 Å². The minimum absolute atomic E-state index is 0.0446. The van der Waals surface area contributed by atoms with Crippen molar-refractivity contribution in [3.8, 4) is 11.5 Å². The number of esters is 2. The molecule has 0 aromatic heterocycles. The molecular formula is C23H28BrNO6. The molecule has 0 heterocycles. The highest BCUT2D eigenvalue weighted by molar-refractivity contribution is 9.10. The van der Waals surface area contributed by atoms with Crippen molar-refractivity contribution in [2.24, 2.45) is 0 Å². The number of hydrogen-bond donors (Lipinski definition) is 0. The summed E-state index contributed by atoms with van der Waals surface area (Å²) in [5.41, 5.74) is 2.04. The van der Waals surface area contributed by atoms with Crippen LogP contribution in [0.3, 0.4) is 0 Å². The maximum Gasteiger partial charge on any atom is 0.338 e. The molecule has 2 aromatic carbocycles. The van der Waals surface area contributed by atoms with Gasteiger partial charge in [0.25, 0.3) is 0 Å². The van der Waals surface area contributed by atoms with E-state index in [0.29, 0.717) is 36.8 Å². The molecule has 0 saturated heterocycles. The number of ether oxygens (including phenoxy) is 4. The Morgan fingerprint density at radius 2 is 1.61 bits per heavy atom. The third-order valence-corrected chi connectivity index (χ3v) is 4.99. The van der Waals surface area contributed by atoms with Gasteiger partial charge in [-0.25, -0.2) is 4.79 Å². The maximum atomic E-state index is 12.4. The molecule has 0 N–H and O–H groups in total. The first kappa shape index (κ1) is 24.7. The van der Waals surface area contributed by atoms with Crippen molar-refractivity contribution < 1.29 is 28.5 Å². The van der Waals surface area contributed by atoms with Crippen LogP contribution in [0.4, 0.5) is 0 Å². The van der Waals surface area contributed by atoms with Crippen LogP contribution in [0.2, 0.25) is 0 Å². The summed E-state index contributed by atoms with van der Waals surface area (Å²) < 4.78 is 22.0. The van der Waals surface area contributed by atoms with Crippen LogP contribution in [0, 0.1) is 0 Å². The van der Waals surface area contributed by atoms with Gasteiger partial charge >= 0.3 is 11.9 Å². The summed E-state index contributed by atoms with van der Waals surface area (Å²) >= 11 is 3.46. The molecule has 0 fully saturated rings. The molecule has 2 aromatic rings. The van der Waals surface area contributed by atoms with Gasteiger partial charge in [-0.1, -0.05) is 15.9 Å². The second-order valence-corrected chi connectivity index (χ2v) is 7.57. The van der Waals surface area contributed by atoms with E-state index in [1.54, 1.807) is 40.2 Å². The lowest BCUT2D eigenvalue weighted by atomic mass is 10.1. The fourth-order valence-corrected chi connectivity index (χ4v) is 3.55. The Morgan fingerprint density at radius 1 is 0.903 bits per heavy atom. The Hall–Kier alpha value is -2.58. The molecule has 0 amide bonds. The SMILES string of the molecule is CCOC(=O)CN(Cc1cc(OC)ccc1OC)Cc1cc(Br)ccc1C(=O)OCC. The summed E-state index contributed by atoms with van der Waals surface area (Å²) in [5, 5.41) is 0. The molecule has 7 nitrogen and oxygen atoms in total. The molecule has 0 radical (unpaired) electrons. The molecule has 31 heavy (non-hydrogen) atoms. The van der Waals surface area contributed by atoms with Crippen LogP contribution in [0.5, 0.6) is 11.5 Å². The molecule has 0 aliphatic carbocycles. The van der Waals surface area contributed by atoms with Crippen LogP contribution in [0.25, 0.3) is 0 Å². The van der Waals surface area contributed by atoms with Crippen molar-refractivity contribution >= 4 is 27.9 Å². The Labute approximate surface area is 191 Å². The Kier molecular flexibility index (Phi) is 9.81. The van der Waals surface area contributed by atoms with Gasteiger partial charge in [0, 0.05) is 23.1 Å². The number of halogens is 1. The Balaban J connectivity index is 2.39. The van der Waals surface area contributed by atoms with Crippen molar-refractivity contribution in [3.63, 3.8) is 0 Å². The van der Waals surface area contributed by atoms with Gasteiger partial charge in [-0.3, -0.25) is 9.69 Å². The molecule has 0 saturated carbocycles. The lowest BCUT2D eigenvalue weighted by molar-refractivity contribution is -0.144. The van der Waals surface area contributed by atoms with Crippen LogP contribution < -0.4 is 9.47 Å².